The van der Waals surface area contributed by atoms with Crippen molar-refractivity contribution in [2.24, 2.45) is 4.99 Å². The highest BCUT2D eigenvalue weighted by Crippen LogP contribution is 2.26. The van der Waals surface area contributed by atoms with E-state index in [9.17, 15) is 0 Å². The van der Waals surface area contributed by atoms with Crippen molar-refractivity contribution in [1.82, 2.24) is 0 Å². The quantitative estimate of drug-likeness (QED) is 0.734. The first-order valence-corrected chi connectivity index (χ1v) is 6.63. The molecular formula is C17H17N. The van der Waals surface area contributed by atoms with Gasteiger partial charge in [0.15, 0.2) is 0 Å². The summed E-state index contributed by atoms with van der Waals surface area (Å²) in [4.78, 5) is 4.70. The first-order chi connectivity index (χ1) is 8.95. The van der Waals surface area contributed by atoms with Crippen molar-refractivity contribution in [1.29, 1.82) is 0 Å². The van der Waals surface area contributed by atoms with Crippen LogP contribution < -0.4 is 0 Å². The van der Waals surface area contributed by atoms with Crippen LogP contribution in [-0.4, -0.2) is 12.3 Å². The molecule has 0 amide bonds. The average Bonchev–Trinajstić information content (AvgIpc) is 2.49. The lowest BCUT2D eigenvalue weighted by molar-refractivity contribution is 0.739. The highest BCUT2D eigenvalue weighted by atomic mass is 14.7. The Morgan fingerprint density at radius 3 is 2.17 bits per heavy atom. The molecule has 0 atom stereocenters. The fourth-order valence-electron chi connectivity index (χ4n) is 2.52. The molecule has 0 radical (unpaired) electrons. The van der Waals surface area contributed by atoms with Crippen LogP contribution in [0.2, 0.25) is 0 Å². The van der Waals surface area contributed by atoms with Gasteiger partial charge >= 0.3 is 0 Å². The third-order valence-corrected chi connectivity index (χ3v) is 3.45. The van der Waals surface area contributed by atoms with Crippen LogP contribution in [0.25, 0.3) is 11.1 Å². The molecule has 90 valence electrons. The summed E-state index contributed by atoms with van der Waals surface area (Å²) in [6, 6.07) is 19.2. The number of hydrogen-bond donors (Lipinski definition) is 0. The maximum atomic E-state index is 4.70. The lowest BCUT2D eigenvalue weighted by Gasteiger charge is -2.15. The van der Waals surface area contributed by atoms with Crippen LogP contribution in [0.15, 0.2) is 59.6 Å². The van der Waals surface area contributed by atoms with Crippen molar-refractivity contribution >= 4 is 5.71 Å². The summed E-state index contributed by atoms with van der Waals surface area (Å²) in [6.45, 7) is 0.985. The van der Waals surface area contributed by atoms with Crippen molar-refractivity contribution < 1.29 is 0 Å². The van der Waals surface area contributed by atoms with Gasteiger partial charge in [-0.1, -0.05) is 54.6 Å². The molecule has 0 aliphatic carbocycles. The standard InChI is InChI=1S/C17H17N/c1-2-8-14(9-3-1)15-10-4-5-11-16(15)17-12-6-7-13-18-17/h1-5,8-11H,6-7,12-13H2. The van der Waals surface area contributed by atoms with Gasteiger partial charge in [0.1, 0.15) is 0 Å². The smallest absolute Gasteiger partial charge is 0.0426 e. The molecule has 1 aliphatic rings. The van der Waals surface area contributed by atoms with E-state index < -0.39 is 0 Å². The van der Waals surface area contributed by atoms with Gasteiger partial charge in [0.05, 0.1) is 0 Å². The third kappa shape index (κ3) is 2.21. The molecule has 0 fully saturated rings. The number of benzene rings is 2. The largest absolute Gasteiger partial charge is 0.289 e. The van der Waals surface area contributed by atoms with Crippen molar-refractivity contribution in [3.63, 3.8) is 0 Å². The van der Waals surface area contributed by atoms with Crippen LogP contribution in [-0.2, 0) is 0 Å². The minimum absolute atomic E-state index is 0.985. The maximum absolute atomic E-state index is 4.70. The average molecular weight is 235 g/mol. The molecule has 0 unspecified atom stereocenters. The summed E-state index contributed by atoms with van der Waals surface area (Å²) in [5, 5.41) is 0. The summed E-state index contributed by atoms with van der Waals surface area (Å²) in [7, 11) is 0. The van der Waals surface area contributed by atoms with Crippen LogP contribution in [0.4, 0.5) is 0 Å². The Balaban J connectivity index is 2.08. The fraction of sp³-hybridized carbons (Fsp3) is 0.235. The van der Waals surface area contributed by atoms with E-state index in [1.54, 1.807) is 0 Å². The number of hydrogen-bond acceptors (Lipinski definition) is 1. The zero-order chi connectivity index (χ0) is 12.2. The molecule has 2 aromatic rings. The molecule has 0 spiro atoms. The molecule has 0 saturated heterocycles. The van der Waals surface area contributed by atoms with Gasteiger partial charge in [0.2, 0.25) is 0 Å². The monoisotopic (exact) mass is 235 g/mol. The van der Waals surface area contributed by atoms with E-state index >= 15 is 0 Å². The second kappa shape index (κ2) is 5.18. The molecule has 0 aromatic heterocycles. The number of rotatable bonds is 2. The van der Waals surface area contributed by atoms with Crippen LogP contribution in [0, 0.1) is 0 Å². The van der Waals surface area contributed by atoms with Crippen molar-refractivity contribution in [3.05, 3.63) is 60.2 Å². The number of nitrogens with zero attached hydrogens (tertiary/aromatic N) is 1. The van der Waals surface area contributed by atoms with Gasteiger partial charge in [-0.3, -0.25) is 4.99 Å². The lowest BCUT2D eigenvalue weighted by Crippen LogP contribution is -2.08. The molecule has 18 heavy (non-hydrogen) atoms. The Bertz CT molecular complexity index is 555. The van der Waals surface area contributed by atoms with Gasteiger partial charge in [-0.05, 0) is 30.4 Å². The predicted molar refractivity (Wildman–Crippen MR) is 77.1 cm³/mol. The summed E-state index contributed by atoms with van der Waals surface area (Å²) in [5.41, 5.74) is 5.17. The van der Waals surface area contributed by atoms with Gasteiger partial charge in [-0.15, -0.1) is 0 Å². The second-order valence-corrected chi connectivity index (χ2v) is 4.70. The molecule has 1 nitrogen and oxygen atoms in total. The van der Waals surface area contributed by atoms with Gasteiger partial charge in [-0.25, -0.2) is 0 Å². The molecule has 1 heteroatoms. The Morgan fingerprint density at radius 1 is 0.722 bits per heavy atom. The zero-order valence-electron chi connectivity index (χ0n) is 10.5. The minimum atomic E-state index is 0.985. The van der Waals surface area contributed by atoms with E-state index in [1.807, 2.05) is 0 Å². The van der Waals surface area contributed by atoms with Gasteiger partial charge in [-0.2, -0.15) is 0 Å². The summed E-state index contributed by atoms with van der Waals surface area (Å²) in [6.07, 6.45) is 3.61. The molecule has 2 aromatic carbocycles. The van der Waals surface area contributed by atoms with Gasteiger partial charge in [0.25, 0.3) is 0 Å². The molecule has 0 bridgehead atoms. The highest BCUT2D eigenvalue weighted by molar-refractivity contribution is 6.06. The maximum Gasteiger partial charge on any atom is 0.0426 e. The van der Waals surface area contributed by atoms with Crippen LogP contribution in [0.5, 0.6) is 0 Å². The van der Waals surface area contributed by atoms with Crippen molar-refractivity contribution in [2.75, 3.05) is 6.54 Å². The Hall–Kier alpha value is -1.89. The molecular weight excluding hydrogens is 218 g/mol. The highest BCUT2D eigenvalue weighted by Gasteiger charge is 2.12. The van der Waals surface area contributed by atoms with Gasteiger partial charge in [0, 0.05) is 17.8 Å². The first kappa shape index (κ1) is 11.2. The summed E-state index contributed by atoms with van der Waals surface area (Å²) < 4.78 is 0. The third-order valence-electron chi connectivity index (χ3n) is 3.45. The van der Waals surface area contributed by atoms with E-state index in [1.165, 1.54) is 35.2 Å². The summed E-state index contributed by atoms with van der Waals surface area (Å²) in [5.74, 6) is 0. The first-order valence-electron chi connectivity index (χ1n) is 6.63. The number of aliphatic imine (C=N–C) groups is 1. The van der Waals surface area contributed by atoms with E-state index in [-0.39, 0.29) is 0 Å². The van der Waals surface area contributed by atoms with E-state index in [0.29, 0.717) is 0 Å². The Morgan fingerprint density at radius 2 is 1.44 bits per heavy atom. The molecule has 0 saturated carbocycles. The zero-order valence-corrected chi connectivity index (χ0v) is 10.5. The minimum Gasteiger partial charge on any atom is -0.289 e. The van der Waals surface area contributed by atoms with Gasteiger partial charge < -0.3 is 0 Å². The predicted octanol–water partition coefficient (Wildman–Crippen LogP) is 4.33. The molecule has 3 rings (SSSR count). The topological polar surface area (TPSA) is 12.4 Å². The van der Waals surface area contributed by atoms with Crippen LogP contribution >= 0.6 is 0 Å². The molecule has 1 aliphatic heterocycles. The Kier molecular flexibility index (Phi) is 3.22. The SMILES string of the molecule is c1ccc(-c2ccccc2C2=NCCCC2)cc1. The van der Waals surface area contributed by atoms with Crippen LogP contribution in [0.3, 0.4) is 0 Å². The second-order valence-electron chi connectivity index (χ2n) is 4.70. The van der Waals surface area contributed by atoms with Crippen molar-refractivity contribution in [2.45, 2.75) is 19.3 Å². The summed E-state index contributed by atoms with van der Waals surface area (Å²) >= 11 is 0. The molecule has 0 N–H and O–H groups in total. The van der Waals surface area contributed by atoms with E-state index in [0.717, 1.165) is 13.0 Å². The van der Waals surface area contributed by atoms with E-state index in [4.69, 9.17) is 4.99 Å². The van der Waals surface area contributed by atoms with Crippen molar-refractivity contribution in [3.8, 4) is 11.1 Å². The normalized spacial score (nSPS) is 15.2. The Labute approximate surface area is 108 Å². The fourth-order valence-corrected chi connectivity index (χ4v) is 2.52. The van der Waals surface area contributed by atoms with Crippen LogP contribution in [0.1, 0.15) is 24.8 Å². The molecule has 1 heterocycles. The lowest BCUT2D eigenvalue weighted by atomic mass is 9.93. The van der Waals surface area contributed by atoms with E-state index in [2.05, 4.69) is 54.6 Å².